The first-order valence-electron chi connectivity index (χ1n) is 8.34. The van der Waals surface area contributed by atoms with Crippen molar-refractivity contribution in [2.24, 2.45) is 0 Å². The van der Waals surface area contributed by atoms with E-state index in [0.717, 1.165) is 13.0 Å². The molecule has 8 heteroatoms. The van der Waals surface area contributed by atoms with Gasteiger partial charge in [0.2, 0.25) is 0 Å². The van der Waals surface area contributed by atoms with Crippen LogP contribution in [0.5, 0.6) is 0 Å². The van der Waals surface area contributed by atoms with Gasteiger partial charge < -0.3 is 20.6 Å². The Bertz CT molecular complexity index is 621. The summed E-state index contributed by atoms with van der Waals surface area (Å²) in [6.07, 6.45) is 0.932. The summed E-state index contributed by atoms with van der Waals surface area (Å²) in [6, 6.07) is 7.47. The average molecular weight is 398 g/mol. The van der Waals surface area contributed by atoms with E-state index in [-0.39, 0.29) is 0 Å². The molecular weight excluding hydrogens is 370 g/mol. The van der Waals surface area contributed by atoms with Crippen LogP contribution in [0.25, 0.3) is 0 Å². The van der Waals surface area contributed by atoms with Crippen LogP contribution in [0.3, 0.4) is 0 Å². The van der Waals surface area contributed by atoms with Gasteiger partial charge in [-0.05, 0) is 53.0 Å². The fourth-order valence-corrected chi connectivity index (χ4v) is 3.93. The summed E-state index contributed by atoms with van der Waals surface area (Å²) < 4.78 is -0.295. The van der Waals surface area contributed by atoms with Crippen molar-refractivity contribution in [3.8, 4) is 0 Å². The number of amides is 1. The molecular formula is C18H27N3O3S2. The van der Waals surface area contributed by atoms with Gasteiger partial charge in [-0.15, -0.1) is 0 Å². The van der Waals surface area contributed by atoms with Crippen molar-refractivity contribution in [2.45, 2.75) is 31.1 Å². The van der Waals surface area contributed by atoms with Gasteiger partial charge in [0.05, 0.1) is 0 Å². The van der Waals surface area contributed by atoms with E-state index in [0.29, 0.717) is 16.4 Å². The van der Waals surface area contributed by atoms with Gasteiger partial charge in [0, 0.05) is 16.9 Å². The Labute approximate surface area is 164 Å². The molecule has 6 nitrogen and oxygen atoms in total. The molecule has 1 aromatic carbocycles. The second kappa shape index (κ2) is 10.5. The Morgan fingerprint density at radius 3 is 2.42 bits per heavy atom. The molecule has 1 aromatic rings. The first kappa shape index (κ1) is 22.4. The number of carbonyl (C=O) groups is 2. The van der Waals surface area contributed by atoms with Gasteiger partial charge in [0.15, 0.2) is 0 Å². The molecule has 0 aliphatic carbocycles. The van der Waals surface area contributed by atoms with E-state index in [1.807, 2.05) is 14.1 Å². The first-order valence-corrected chi connectivity index (χ1v) is 9.56. The van der Waals surface area contributed by atoms with Crippen LogP contribution in [0.2, 0.25) is 0 Å². The molecule has 0 aliphatic rings. The Morgan fingerprint density at radius 1 is 1.27 bits per heavy atom. The predicted octanol–water partition coefficient (Wildman–Crippen LogP) is 2.21. The van der Waals surface area contributed by atoms with E-state index >= 15 is 0 Å². The van der Waals surface area contributed by atoms with Crippen LogP contribution in [0.15, 0.2) is 30.3 Å². The number of nitrogens with one attached hydrogen (secondary N) is 2. The lowest BCUT2D eigenvalue weighted by molar-refractivity contribution is -0.139. The van der Waals surface area contributed by atoms with E-state index < -0.39 is 22.7 Å². The normalized spacial score (nSPS) is 12.5. The van der Waals surface area contributed by atoms with Crippen molar-refractivity contribution < 1.29 is 14.7 Å². The lowest BCUT2D eigenvalue weighted by atomic mass is 10.0. The van der Waals surface area contributed by atoms with Crippen molar-refractivity contribution in [3.05, 3.63) is 35.9 Å². The molecule has 144 valence electrons. The standard InChI is InChI=1S/C18H27N3O3S2/c1-18(2,26-17(25)19-11-8-12-21(3)4)14(16(23)24)20-15(22)13-9-6-5-7-10-13/h5-7,9-10,14H,8,11-12H2,1-4H3,(H,19,25)(H,20,22)(H,23,24)/t14-/m1/s1. The fraction of sp³-hybridized carbons (Fsp3) is 0.500. The molecule has 0 unspecified atom stereocenters. The number of nitrogens with zero attached hydrogens (tertiary/aromatic N) is 1. The van der Waals surface area contributed by atoms with Crippen LogP contribution in [0.4, 0.5) is 0 Å². The van der Waals surface area contributed by atoms with Crippen LogP contribution >= 0.6 is 24.0 Å². The molecule has 1 atom stereocenters. The number of carbonyl (C=O) groups excluding carboxylic acids is 1. The topological polar surface area (TPSA) is 81.7 Å². The Balaban J connectivity index is 2.67. The summed E-state index contributed by atoms with van der Waals surface area (Å²) in [7, 11) is 4.01. The molecule has 0 fully saturated rings. The molecule has 1 amide bonds. The van der Waals surface area contributed by atoms with Gasteiger partial charge in [-0.1, -0.05) is 42.2 Å². The SMILES string of the molecule is CN(C)CCCNC(=S)SC(C)(C)[C@H](NC(=O)c1ccccc1)C(=O)O. The van der Waals surface area contributed by atoms with Gasteiger partial charge >= 0.3 is 5.97 Å². The maximum absolute atomic E-state index is 12.3. The zero-order valence-electron chi connectivity index (χ0n) is 15.6. The highest BCUT2D eigenvalue weighted by molar-refractivity contribution is 8.23. The second-order valence-electron chi connectivity index (χ2n) is 6.69. The Morgan fingerprint density at radius 2 is 1.88 bits per heavy atom. The summed E-state index contributed by atoms with van der Waals surface area (Å²) in [5, 5.41) is 15.3. The molecule has 0 heterocycles. The van der Waals surface area contributed by atoms with Crippen molar-refractivity contribution in [1.82, 2.24) is 15.5 Å². The molecule has 0 saturated heterocycles. The highest BCUT2D eigenvalue weighted by Crippen LogP contribution is 2.29. The van der Waals surface area contributed by atoms with Crippen LogP contribution in [-0.4, -0.2) is 64.2 Å². The summed E-state index contributed by atoms with van der Waals surface area (Å²) in [6.45, 7) is 5.17. The molecule has 26 heavy (non-hydrogen) atoms. The first-order chi connectivity index (χ1) is 12.1. The number of carboxylic acids is 1. The van der Waals surface area contributed by atoms with Crippen LogP contribution < -0.4 is 10.6 Å². The van der Waals surface area contributed by atoms with Gasteiger partial charge in [-0.3, -0.25) is 4.79 Å². The van der Waals surface area contributed by atoms with E-state index in [2.05, 4.69) is 15.5 Å². The zero-order chi connectivity index (χ0) is 19.7. The summed E-state index contributed by atoms with van der Waals surface area (Å²) in [5.74, 6) is -1.52. The maximum Gasteiger partial charge on any atom is 0.327 e. The monoisotopic (exact) mass is 397 g/mol. The number of thiocarbonyl (C=S) groups is 1. The van der Waals surface area contributed by atoms with Crippen molar-refractivity contribution in [3.63, 3.8) is 0 Å². The van der Waals surface area contributed by atoms with Crippen LogP contribution in [-0.2, 0) is 4.79 Å². The number of rotatable bonds is 9. The quantitative estimate of drug-likeness (QED) is 0.435. The van der Waals surface area contributed by atoms with Crippen molar-refractivity contribution >= 4 is 40.2 Å². The van der Waals surface area contributed by atoms with Crippen LogP contribution in [0.1, 0.15) is 30.6 Å². The minimum atomic E-state index is -1.10. The number of aliphatic carboxylic acids is 1. The molecule has 0 bridgehead atoms. The van der Waals surface area contributed by atoms with Gasteiger partial charge in [0.1, 0.15) is 10.4 Å². The fourth-order valence-electron chi connectivity index (χ4n) is 2.26. The summed E-state index contributed by atoms with van der Waals surface area (Å²) >= 11 is 6.57. The van der Waals surface area contributed by atoms with Gasteiger partial charge in [0.25, 0.3) is 5.91 Å². The van der Waals surface area contributed by atoms with E-state index in [4.69, 9.17) is 12.2 Å². The molecule has 0 radical (unpaired) electrons. The molecule has 0 saturated carbocycles. The number of hydrogen-bond acceptors (Lipinski definition) is 5. The van der Waals surface area contributed by atoms with Crippen molar-refractivity contribution in [2.75, 3.05) is 27.2 Å². The van der Waals surface area contributed by atoms with E-state index in [1.54, 1.807) is 44.2 Å². The third kappa shape index (κ3) is 7.72. The molecule has 0 aliphatic heterocycles. The number of hydrogen-bond donors (Lipinski definition) is 3. The average Bonchev–Trinajstić information content (AvgIpc) is 2.56. The number of carboxylic acid groups (broad SMARTS) is 1. The minimum Gasteiger partial charge on any atom is -0.480 e. The van der Waals surface area contributed by atoms with Gasteiger partial charge in [-0.25, -0.2) is 4.79 Å². The summed E-state index contributed by atoms with van der Waals surface area (Å²) in [4.78, 5) is 26.1. The van der Waals surface area contributed by atoms with Crippen LogP contribution in [0, 0.1) is 0 Å². The maximum atomic E-state index is 12.3. The summed E-state index contributed by atoms with van der Waals surface area (Å²) in [5.41, 5.74) is 0.420. The highest BCUT2D eigenvalue weighted by atomic mass is 32.2. The molecule has 3 N–H and O–H groups in total. The third-order valence-corrected chi connectivity index (χ3v) is 5.15. The second-order valence-corrected chi connectivity index (χ2v) is 9.02. The van der Waals surface area contributed by atoms with E-state index in [1.165, 1.54) is 11.8 Å². The third-order valence-electron chi connectivity index (χ3n) is 3.66. The largest absolute Gasteiger partial charge is 0.480 e. The number of thioether (sulfide) groups is 1. The molecule has 1 rings (SSSR count). The predicted molar refractivity (Wildman–Crippen MR) is 111 cm³/mol. The van der Waals surface area contributed by atoms with E-state index in [9.17, 15) is 14.7 Å². The van der Waals surface area contributed by atoms with Gasteiger partial charge in [-0.2, -0.15) is 0 Å². The lowest BCUT2D eigenvalue weighted by Crippen LogP contribution is -2.53. The zero-order valence-corrected chi connectivity index (χ0v) is 17.2. The Kier molecular flexibility index (Phi) is 9.04. The number of benzene rings is 1. The smallest absolute Gasteiger partial charge is 0.327 e. The highest BCUT2D eigenvalue weighted by Gasteiger charge is 2.38. The van der Waals surface area contributed by atoms with Crippen molar-refractivity contribution in [1.29, 1.82) is 0 Å². The molecule has 0 aromatic heterocycles. The minimum absolute atomic E-state index is 0.420. The Hall–Kier alpha value is -1.64. The molecule has 0 spiro atoms. The lowest BCUT2D eigenvalue weighted by Gasteiger charge is -2.31.